The molecule has 2 rings (SSSR count). The highest BCUT2D eigenvalue weighted by Gasteiger charge is 2.13. The lowest BCUT2D eigenvalue weighted by atomic mass is 10.1. The first-order valence-electron chi connectivity index (χ1n) is 5.71. The number of carboxylic acid groups (broad SMARTS) is 1. The molecule has 0 heterocycles. The molecule has 0 aliphatic carbocycles. The molecule has 108 valence electrons. The van der Waals surface area contributed by atoms with Gasteiger partial charge in [0.2, 0.25) is 0 Å². The standard InChI is InChI=1S/C14H9BrFNO4/c15-10-4-1-7(5-12(10)18)13(19)17-8-2-3-9(14(20)21)11(16)6-8/h1-6,18H,(H,17,19)(H,20,21). The van der Waals surface area contributed by atoms with E-state index < -0.39 is 23.3 Å². The van der Waals surface area contributed by atoms with E-state index in [1.807, 2.05) is 0 Å². The molecule has 2 aromatic rings. The Labute approximate surface area is 127 Å². The van der Waals surface area contributed by atoms with Gasteiger partial charge in [0.1, 0.15) is 11.6 Å². The molecule has 2 aromatic carbocycles. The van der Waals surface area contributed by atoms with Gasteiger partial charge in [-0.3, -0.25) is 4.79 Å². The van der Waals surface area contributed by atoms with E-state index >= 15 is 0 Å². The molecule has 1 amide bonds. The third-order valence-electron chi connectivity index (χ3n) is 2.67. The van der Waals surface area contributed by atoms with Gasteiger partial charge < -0.3 is 15.5 Å². The SMILES string of the molecule is O=C(Nc1ccc(C(=O)O)c(F)c1)c1ccc(Br)c(O)c1. The molecule has 7 heteroatoms. The Balaban J connectivity index is 2.21. The summed E-state index contributed by atoms with van der Waals surface area (Å²) in [4.78, 5) is 22.6. The zero-order chi connectivity index (χ0) is 15.6. The second kappa shape index (κ2) is 5.92. The highest BCUT2D eigenvalue weighted by atomic mass is 79.9. The van der Waals surface area contributed by atoms with Crippen LogP contribution in [0.2, 0.25) is 0 Å². The Kier molecular flexibility index (Phi) is 4.23. The fourth-order valence-electron chi connectivity index (χ4n) is 1.62. The van der Waals surface area contributed by atoms with Crippen LogP contribution in [-0.2, 0) is 0 Å². The smallest absolute Gasteiger partial charge is 0.338 e. The second-order valence-corrected chi connectivity index (χ2v) is 4.97. The van der Waals surface area contributed by atoms with Gasteiger partial charge >= 0.3 is 5.97 Å². The lowest BCUT2D eigenvalue weighted by Crippen LogP contribution is -2.12. The number of aromatic carboxylic acids is 1. The number of benzene rings is 2. The summed E-state index contributed by atoms with van der Waals surface area (Å²) in [6.45, 7) is 0. The zero-order valence-corrected chi connectivity index (χ0v) is 12.0. The molecule has 0 radical (unpaired) electrons. The quantitative estimate of drug-likeness (QED) is 0.790. The van der Waals surface area contributed by atoms with Gasteiger partial charge in [0.25, 0.3) is 5.91 Å². The first-order valence-corrected chi connectivity index (χ1v) is 6.50. The van der Waals surface area contributed by atoms with Crippen LogP contribution in [-0.4, -0.2) is 22.1 Å². The molecule has 0 aliphatic heterocycles. The maximum Gasteiger partial charge on any atom is 0.338 e. The summed E-state index contributed by atoms with van der Waals surface area (Å²) in [6.07, 6.45) is 0. The lowest BCUT2D eigenvalue weighted by Gasteiger charge is -2.07. The zero-order valence-electron chi connectivity index (χ0n) is 10.4. The highest BCUT2D eigenvalue weighted by molar-refractivity contribution is 9.10. The summed E-state index contributed by atoms with van der Waals surface area (Å²) in [5.74, 6) is -2.99. The lowest BCUT2D eigenvalue weighted by molar-refractivity contribution is 0.0692. The first-order chi connectivity index (χ1) is 9.88. The Bertz CT molecular complexity index is 733. The minimum Gasteiger partial charge on any atom is -0.507 e. The third kappa shape index (κ3) is 3.38. The van der Waals surface area contributed by atoms with Crippen LogP contribution in [0.15, 0.2) is 40.9 Å². The Hall–Kier alpha value is -2.41. The molecule has 0 saturated carbocycles. The molecule has 0 fully saturated rings. The normalized spacial score (nSPS) is 10.2. The van der Waals surface area contributed by atoms with Gasteiger partial charge in [0, 0.05) is 11.3 Å². The van der Waals surface area contributed by atoms with E-state index in [9.17, 15) is 19.1 Å². The van der Waals surface area contributed by atoms with Crippen LogP contribution < -0.4 is 5.32 Å². The van der Waals surface area contributed by atoms with Gasteiger partial charge in [0.05, 0.1) is 10.0 Å². The Morgan fingerprint density at radius 3 is 2.43 bits per heavy atom. The number of hydrogen-bond acceptors (Lipinski definition) is 3. The van der Waals surface area contributed by atoms with Crippen molar-refractivity contribution >= 4 is 33.5 Å². The number of aromatic hydroxyl groups is 1. The van der Waals surface area contributed by atoms with Gasteiger partial charge in [0.15, 0.2) is 0 Å². The summed E-state index contributed by atoms with van der Waals surface area (Å²) >= 11 is 3.09. The van der Waals surface area contributed by atoms with Gasteiger partial charge in [-0.05, 0) is 52.3 Å². The summed E-state index contributed by atoms with van der Waals surface area (Å²) in [5.41, 5.74) is -0.183. The summed E-state index contributed by atoms with van der Waals surface area (Å²) < 4.78 is 13.9. The molecule has 0 atom stereocenters. The van der Waals surface area contributed by atoms with Crippen molar-refractivity contribution in [3.8, 4) is 5.75 Å². The Morgan fingerprint density at radius 2 is 1.86 bits per heavy atom. The van der Waals surface area contributed by atoms with E-state index in [4.69, 9.17) is 5.11 Å². The molecule has 0 aromatic heterocycles. The number of hydrogen-bond donors (Lipinski definition) is 3. The predicted octanol–water partition coefficient (Wildman–Crippen LogP) is 3.24. The van der Waals surface area contributed by atoms with Crippen LogP contribution in [0, 0.1) is 5.82 Å². The molecule has 0 unspecified atom stereocenters. The second-order valence-electron chi connectivity index (χ2n) is 4.12. The minimum absolute atomic E-state index is 0.102. The minimum atomic E-state index is -1.39. The van der Waals surface area contributed by atoms with Crippen molar-refractivity contribution in [1.82, 2.24) is 0 Å². The number of halogens is 2. The third-order valence-corrected chi connectivity index (χ3v) is 3.34. The van der Waals surface area contributed by atoms with Crippen molar-refractivity contribution in [2.45, 2.75) is 0 Å². The van der Waals surface area contributed by atoms with Crippen LogP contribution in [0.4, 0.5) is 10.1 Å². The number of amides is 1. The fourth-order valence-corrected chi connectivity index (χ4v) is 1.87. The number of nitrogens with one attached hydrogen (secondary N) is 1. The van der Waals surface area contributed by atoms with Crippen molar-refractivity contribution in [3.63, 3.8) is 0 Å². The number of carboxylic acids is 1. The maximum absolute atomic E-state index is 13.5. The summed E-state index contributed by atoms with van der Waals surface area (Å²) in [6, 6.07) is 7.48. The largest absolute Gasteiger partial charge is 0.507 e. The fraction of sp³-hybridized carbons (Fsp3) is 0. The summed E-state index contributed by atoms with van der Waals surface area (Å²) in [7, 11) is 0. The molecule has 0 spiro atoms. The van der Waals surface area contributed by atoms with Crippen molar-refractivity contribution in [3.05, 3.63) is 57.8 Å². The van der Waals surface area contributed by atoms with Crippen LogP contribution in [0.3, 0.4) is 0 Å². The molecular weight excluding hydrogens is 345 g/mol. The number of phenolic OH excluding ortho intramolecular Hbond substituents is 1. The summed E-state index contributed by atoms with van der Waals surface area (Å²) in [5, 5.41) is 20.6. The van der Waals surface area contributed by atoms with E-state index in [0.29, 0.717) is 4.47 Å². The van der Waals surface area contributed by atoms with Crippen LogP contribution in [0.5, 0.6) is 5.75 Å². The number of anilines is 1. The molecule has 0 bridgehead atoms. The van der Waals surface area contributed by atoms with Crippen molar-refractivity contribution in [1.29, 1.82) is 0 Å². The maximum atomic E-state index is 13.5. The van der Waals surface area contributed by atoms with Gasteiger partial charge in [-0.15, -0.1) is 0 Å². The monoisotopic (exact) mass is 353 g/mol. The first kappa shape index (κ1) is 15.0. The van der Waals surface area contributed by atoms with Crippen molar-refractivity contribution < 1.29 is 24.2 Å². The van der Waals surface area contributed by atoms with Crippen LogP contribution in [0.1, 0.15) is 20.7 Å². The topological polar surface area (TPSA) is 86.6 Å². The average Bonchev–Trinajstić information content (AvgIpc) is 2.41. The molecule has 21 heavy (non-hydrogen) atoms. The van der Waals surface area contributed by atoms with E-state index in [1.165, 1.54) is 24.3 Å². The van der Waals surface area contributed by atoms with Crippen LogP contribution in [0.25, 0.3) is 0 Å². The molecule has 3 N–H and O–H groups in total. The number of carbonyl (C=O) groups excluding carboxylic acids is 1. The predicted molar refractivity (Wildman–Crippen MR) is 77.1 cm³/mol. The number of phenols is 1. The average molecular weight is 354 g/mol. The van der Waals surface area contributed by atoms with E-state index in [0.717, 1.165) is 12.1 Å². The Morgan fingerprint density at radius 1 is 1.14 bits per heavy atom. The van der Waals surface area contributed by atoms with E-state index in [2.05, 4.69) is 21.2 Å². The van der Waals surface area contributed by atoms with E-state index in [-0.39, 0.29) is 17.0 Å². The number of carbonyl (C=O) groups is 2. The van der Waals surface area contributed by atoms with Crippen molar-refractivity contribution in [2.75, 3.05) is 5.32 Å². The molecular formula is C14H9BrFNO4. The van der Waals surface area contributed by atoms with Gasteiger partial charge in [-0.25, -0.2) is 9.18 Å². The van der Waals surface area contributed by atoms with Gasteiger partial charge in [-0.2, -0.15) is 0 Å². The van der Waals surface area contributed by atoms with Crippen LogP contribution >= 0.6 is 15.9 Å². The highest BCUT2D eigenvalue weighted by Crippen LogP contribution is 2.25. The number of rotatable bonds is 3. The van der Waals surface area contributed by atoms with Crippen molar-refractivity contribution in [2.24, 2.45) is 0 Å². The molecule has 5 nitrogen and oxygen atoms in total. The van der Waals surface area contributed by atoms with Gasteiger partial charge in [-0.1, -0.05) is 0 Å². The molecule has 0 saturated heterocycles. The van der Waals surface area contributed by atoms with E-state index in [1.54, 1.807) is 0 Å². The molecule has 0 aliphatic rings.